The van der Waals surface area contributed by atoms with E-state index in [9.17, 15) is 4.79 Å². The minimum absolute atomic E-state index is 0.0113. The number of carbonyl (C=O) groups is 1. The van der Waals surface area contributed by atoms with E-state index in [0.29, 0.717) is 12.3 Å². The van der Waals surface area contributed by atoms with Crippen LogP contribution in [0.5, 0.6) is 0 Å². The van der Waals surface area contributed by atoms with Crippen LogP contribution < -0.4 is 5.32 Å². The second-order valence-electron chi connectivity index (χ2n) is 6.28. The molecule has 0 unspecified atom stereocenters. The lowest BCUT2D eigenvalue weighted by Gasteiger charge is -2.11. The first-order valence-corrected chi connectivity index (χ1v) is 9.84. The lowest BCUT2D eigenvalue weighted by Crippen LogP contribution is -2.32. The third-order valence-corrected chi connectivity index (χ3v) is 5.37. The number of benzene rings is 2. The number of para-hydroxylation sites is 3. The maximum Gasteiger partial charge on any atom is 0.230 e. The van der Waals surface area contributed by atoms with Gasteiger partial charge in [0.15, 0.2) is 5.16 Å². The van der Waals surface area contributed by atoms with Crippen molar-refractivity contribution in [1.29, 1.82) is 0 Å². The number of aromatic nitrogens is 2. The molecule has 1 saturated heterocycles. The number of imidazole rings is 1. The molecule has 1 fully saturated rings. The van der Waals surface area contributed by atoms with Crippen LogP contribution in [0.2, 0.25) is 0 Å². The van der Waals surface area contributed by atoms with Gasteiger partial charge in [-0.3, -0.25) is 9.36 Å². The van der Waals surface area contributed by atoms with Gasteiger partial charge in [-0.2, -0.15) is 0 Å². The number of thioether (sulfide) groups is 1. The third kappa shape index (κ3) is 3.76. The van der Waals surface area contributed by atoms with Crippen molar-refractivity contribution in [3.05, 3.63) is 54.6 Å². The maximum atomic E-state index is 12.2. The first-order chi connectivity index (χ1) is 12.8. The number of hydrogen-bond donors (Lipinski definition) is 1. The molecule has 5 nitrogen and oxygen atoms in total. The van der Waals surface area contributed by atoms with Crippen LogP contribution in [0.15, 0.2) is 59.8 Å². The van der Waals surface area contributed by atoms with Crippen LogP contribution in [0, 0.1) is 0 Å². The van der Waals surface area contributed by atoms with Gasteiger partial charge in [-0.15, -0.1) is 0 Å². The molecule has 0 aliphatic carbocycles. The van der Waals surface area contributed by atoms with Crippen LogP contribution in [-0.4, -0.2) is 40.5 Å². The number of hydrogen-bond acceptors (Lipinski definition) is 4. The number of fused-ring (bicyclic) bond motifs is 1. The van der Waals surface area contributed by atoms with E-state index >= 15 is 0 Å². The van der Waals surface area contributed by atoms with Gasteiger partial charge in [-0.25, -0.2) is 4.98 Å². The summed E-state index contributed by atoms with van der Waals surface area (Å²) in [7, 11) is 0. The van der Waals surface area contributed by atoms with Crippen molar-refractivity contribution in [3.8, 4) is 5.69 Å². The van der Waals surface area contributed by atoms with E-state index in [1.165, 1.54) is 11.8 Å². The standard InChI is InChI=1S/C20H21N3O2S/c24-19(21-13-16-9-6-12-25-16)14-26-20-22-17-10-4-5-11-18(17)23(20)15-7-2-1-3-8-15/h1-5,7-8,10-11,16H,6,9,12-14H2,(H,21,24)/t16-/m0/s1. The summed E-state index contributed by atoms with van der Waals surface area (Å²) in [6.07, 6.45) is 2.27. The van der Waals surface area contributed by atoms with Gasteiger partial charge in [-0.05, 0) is 37.1 Å². The summed E-state index contributed by atoms with van der Waals surface area (Å²) in [6, 6.07) is 18.1. The zero-order chi connectivity index (χ0) is 17.8. The first-order valence-electron chi connectivity index (χ1n) is 8.85. The molecule has 0 bridgehead atoms. The Morgan fingerprint density at radius 2 is 2.00 bits per heavy atom. The van der Waals surface area contributed by atoms with Gasteiger partial charge in [0, 0.05) is 18.8 Å². The molecule has 2 heterocycles. The summed E-state index contributed by atoms with van der Waals surface area (Å²) in [5.74, 6) is 0.347. The Morgan fingerprint density at radius 3 is 2.81 bits per heavy atom. The molecule has 3 aromatic rings. The predicted octanol–water partition coefficient (Wildman–Crippen LogP) is 3.41. The molecule has 1 amide bonds. The van der Waals surface area contributed by atoms with Crippen molar-refractivity contribution in [2.45, 2.75) is 24.1 Å². The third-order valence-electron chi connectivity index (χ3n) is 4.43. The quantitative estimate of drug-likeness (QED) is 0.679. The number of amides is 1. The zero-order valence-corrected chi connectivity index (χ0v) is 15.2. The van der Waals surface area contributed by atoms with Crippen molar-refractivity contribution >= 4 is 28.7 Å². The molecular weight excluding hydrogens is 346 g/mol. The fourth-order valence-corrected chi connectivity index (χ4v) is 4.00. The summed E-state index contributed by atoms with van der Waals surface area (Å²) >= 11 is 1.46. The average molecular weight is 367 g/mol. The van der Waals surface area contributed by atoms with Crippen molar-refractivity contribution in [3.63, 3.8) is 0 Å². The maximum absolute atomic E-state index is 12.2. The molecule has 1 aliphatic heterocycles. The lowest BCUT2D eigenvalue weighted by atomic mass is 10.2. The molecule has 2 aromatic carbocycles. The highest BCUT2D eigenvalue weighted by Crippen LogP contribution is 2.27. The minimum atomic E-state index is 0.0113. The number of rotatable bonds is 6. The number of nitrogens with zero attached hydrogens (tertiary/aromatic N) is 2. The molecule has 0 saturated carbocycles. The molecule has 6 heteroatoms. The Labute approximate surface area is 156 Å². The van der Waals surface area contributed by atoms with E-state index in [1.54, 1.807) is 0 Å². The molecule has 1 atom stereocenters. The van der Waals surface area contributed by atoms with E-state index in [2.05, 4.69) is 28.1 Å². The van der Waals surface area contributed by atoms with Gasteiger partial charge >= 0.3 is 0 Å². The smallest absolute Gasteiger partial charge is 0.230 e. The number of carbonyl (C=O) groups excluding carboxylic acids is 1. The highest BCUT2D eigenvalue weighted by Gasteiger charge is 2.17. The lowest BCUT2D eigenvalue weighted by molar-refractivity contribution is -0.119. The van der Waals surface area contributed by atoms with Gasteiger partial charge < -0.3 is 10.1 Å². The SMILES string of the molecule is O=C(CSc1nc2ccccc2n1-c1ccccc1)NC[C@@H]1CCCO1. The van der Waals surface area contributed by atoms with Crippen molar-refractivity contribution in [1.82, 2.24) is 14.9 Å². The van der Waals surface area contributed by atoms with Crippen LogP contribution in [0.3, 0.4) is 0 Å². The highest BCUT2D eigenvalue weighted by atomic mass is 32.2. The van der Waals surface area contributed by atoms with Gasteiger partial charge in [0.1, 0.15) is 0 Å². The van der Waals surface area contributed by atoms with E-state index in [0.717, 1.165) is 41.3 Å². The largest absolute Gasteiger partial charge is 0.376 e. The molecular formula is C20H21N3O2S. The van der Waals surface area contributed by atoms with Crippen molar-refractivity contribution in [2.75, 3.05) is 18.9 Å². The van der Waals surface area contributed by atoms with Crippen molar-refractivity contribution in [2.24, 2.45) is 0 Å². The van der Waals surface area contributed by atoms with Gasteiger partial charge in [0.2, 0.25) is 5.91 Å². The summed E-state index contributed by atoms with van der Waals surface area (Å²) in [5.41, 5.74) is 3.02. The molecule has 26 heavy (non-hydrogen) atoms. The zero-order valence-electron chi connectivity index (χ0n) is 14.4. The second kappa shape index (κ2) is 7.93. The molecule has 1 aliphatic rings. The van der Waals surface area contributed by atoms with Gasteiger partial charge in [-0.1, -0.05) is 42.1 Å². The Balaban J connectivity index is 1.50. The first kappa shape index (κ1) is 17.1. The Hall–Kier alpha value is -2.31. The molecule has 4 rings (SSSR count). The monoisotopic (exact) mass is 367 g/mol. The summed E-state index contributed by atoms with van der Waals surface area (Å²) in [4.78, 5) is 16.9. The van der Waals surface area contributed by atoms with Crippen LogP contribution in [0.25, 0.3) is 16.7 Å². The summed E-state index contributed by atoms with van der Waals surface area (Å²) in [6.45, 7) is 1.39. The summed E-state index contributed by atoms with van der Waals surface area (Å²) in [5, 5.41) is 3.79. The van der Waals surface area contributed by atoms with Crippen LogP contribution in [-0.2, 0) is 9.53 Å². The number of nitrogens with one attached hydrogen (secondary N) is 1. The Kier molecular flexibility index (Phi) is 5.22. The fraction of sp³-hybridized carbons (Fsp3) is 0.300. The van der Waals surface area contributed by atoms with E-state index in [1.807, 2.05) is 36.4 Å². The Morgan fingerprint density at radius 1 is 1.19 bits per heavy atom. The summed E-state index contributed by atoms with van der Waals surface area (Å²) < 4.78 is 7.65. The molecule has 1 N–H and O–H groups in total. The van der Waals surface area contributed by atoms with E-state index < -0.39 is 0 Å². The van der Waals surface area contributed by atoms with Crippen LogP contribution in [0.4, 0.5) is 0 Å². The van der Waals surface area contributed by atoms with Crippen molar-refractivity contribution < 1.29 is 9.53 Å². The van der Waals surface area contributed by atoms with Crippen LogP contribution >= 0.6 is 11.8 Å². The number of ether oxygens (including phenoxy) is 1. The molecule has 1 aromatic heterocycles. The topological polar surface area (TPSA) is 56.2 Å². The molecule has 0 radical (unpaired) electrons. The van der Waals surface area contributed by atoms with Gasteiger partial charge in [0.05, 0.1) is 22.9 Å². The van der Waals surface area contributed by atoms with Gasteiger partial charge in [0.25, 0.3) is 0 Å². The van der Waals surface area contributed by atoms with E-state index in [4.69, 9.17) is 9.72 Å². The van der Waals surface area contributed by atoms with Crippen LogP contribution in [0.1, 0.15) is 12.8 Å². The molecule has 134 valence electrons. The fourth-order valence-electron chi connectivity index (χ4n) is 3.14. The Bertz CT molecular complexity index is 888. The van der Waals surface area contributed by atoms with E-state index in [-0.39, 0.29) is 12.0 Å². The highest BCUT2D eigenvalue weighted by molar-refractivity contribution is 7.99. The predicted molar refractivity (Wildman–Crippen MR) is 104 cm³/mol. The minimum Gasteiger partial charge on any atom is -0.376 e. The normalized spacial score (nSPS) is 16.8. The molecule has 0 spiro atoms. The average Bonchev–Trinajstić information content (AvgIpc) is 3.32. The second-order valence-corrected chi connectivity index (χ2v) is 7.22.